The van der Waals surface area contributed by atoms with Crippen molar-refractivity contribution in [3.8, 4) is 5.75 Å². The van der Waals surface area contributed by atoms with Crippen LogP contribution in [0.25, 0.3) is 10.9 Å². The van der Waals surface area contributed by atoms with Gasteiger partial charge in [0.2, 0.25) is 5.91 Å². The van der Waals surface area contributed by atoms with Gasteiger partial charge >= 0.3 is 0 Å². The smallest absolute Gasteiger partial charge is 0.219 e. The maximum absolute atomic E-state index is 11.7. The van der Waals surface area contributed by atoms with Gasteiger partial charge in [0.1, 0.15) is 17.4 Å². The number of nitrogens with zero attached hydrogens (tertiary/aromatic N) is 3. The number of likely N-dealkylation sites (tertiary alicyclic amines) is 1. The number of methoxy groups -OCH3 is 1. The maximum Gasteiger partial charge on any atom is 0.219 e. The van der Waals surface area contributed by atoms with Gasteiger partial charge in [0, 0.05) is 37.2 Å². The molecule has 0 unspecified atom stereocenters. The highest BCUT2D eigenvalue weighted by Crippen LogP contribution is 2.38. The number of carbonyl (C=O) groups excluding carboxylic acids is 1. The molecule has 1 saturated heterocycles. The number of benzene rings is 2. The van der Waals surface area contributed by atoms with E-state index >= 15 is 0 Å². The number of nitrogens with one attached hydrogen (secondary N) is 1. The molecule has 1 fully saturated rings. The van der Waals surface area contributed by atoms with E-state index in [9.17, 15) is 4.79 Å². The average molecular weight is 448 g/mol. The summed E-state index contributed by atoms with van der Waals surface area (Å²) in [5, 5.41) is 4.56. The Balaban J connectivity index is 1.71. The summed E-state index contributed by atoms with van der Waals surface area (Å²) in [5.74, 6) is 2.80. The van der Waals surface area contributed by atoms with Crippen LogP contribution in [0.4, 0.5) is 11.5 Å². The highest BCUT2D eigenvalue weighted by Gasteiger charge is 2.25. The molecule has 2 heterocycles. The molecule has 1 aliphatic heterocycles. The number of fused-ring (bicyclic) bond motifs is 1. The van der Waals surface area contributed by atoms with Crippen molar-refractivity contribution in [3.63, 3.8) is 0 Å². The van der Waals surface area contributed by atoms with Crippen molar-refractivity contribution in [3.05, 3.63) is 52.8 Å². The van der Waals surface area contributed by atoms with Gasteiger partial charge in [-0.1, -0.05) is 6.07 Å². The minimum absolute atomic E-state index is 0.0223. The summed E-state index contributed by atoms with van der Waals surface area (Å²) in [6, 6.07) is 10.3. The molecular formula is C26H33N5O2. The van der Waals surface area contributed by atoms with Gasteiger partial charge < -0.3 is 20.7 Å². The van der Waals surface area contributed by atoms with Crippen molar-refractivity contribution >= 4 is 28.3 Å². The van der Waals surface area contributed by atoms with Crippen molar-refractivity contribution in [2.75, 3.05) is 31.2 Å². The second-order valence-electron chi connectivity index (χ2n) is 9.05. The van der Waals surface area contributed by atoms with Crippen LogP contribution < -0.4 is 15.8 Å². The number of ether oxygens (including phenoxy) is 1. The minimum atomic E-state index is 0.0223. The molecule has 0 bridgehead atoms. The molecule has 2 aromatic carbocycles. The van der Waals surface area contributed by atoms with Crippen molar-refractivity contribution in [1.29, 1.82) is 0 Å². The minimum Gasteiger partial charge on any atom is -0.496 e. The van der Waals surface area contributed by atoms with Gasteiger partial charge in [0.05, 0.1) is 18.7 Å². The fourth-order valence-electron chi connectivity index (χ4n) is 4.78. The number of aromatic nitrogens is 2. The van der Waals surface area contributed by atoms with Crippen molar-refractivity contribution in [1.82, 2.24) is 14.9 Å². The zero-order valence-electron chi connectivity index (χ0n) is 20.1. The number of hydrogen-bond donors (Lipinski definition) is 2. The van der Waals surface area contributed by atoms with Gasteiger partial charge in [-0.3, -0.25) is 4.79 Å². The molecule has 0 saturated carbocycles. The molecule has 174 valence electrons. The molecule has 3 N–H and O–H groups in total. The number of amides is 1. The van der Waals surface area contributed by atoms with Crippen LogP contribution in [-0.4, -0.2) is 41.0 Å². The van der Waals surface area contributed by atoms with E-state index < -0.39 is 0 Å². The first kappa shape index (κ1) is 22.8. The van der Waals surface area contributed by atoms with Crippen LogP contribution in [0.5, 0.6) is 5.75 Å². The van der Waals surface area contributed by atoms with Gasteiger partial charge in [0.15, 0.2) is 0 Å². The second-order valence-corrected chi connectivity index (χ2v) is 9.05. The van der Waals surface area contributed by atoms with E-state index in [1.54, 1.807) is 14.0 Å². The van der Waals surface area contributed by atoms with Crippen LogP contribution in [-0.2, 0) is 4.79 Å². The Morgan fingerprint density at radius 1 is 1.15 bits per heavy atom. The predicted molar refractivity (Wildman–Crippen MR) is 133 cm³/mol. The Bertz CT molecular complexity index is 1160. The monoisotopic (exact) mass is 447 g/mol. The van der Waals surface area contributed by atoms with Crippen LogP contribution in [0.2, 0.25) is 0 Å². The third kappa shape index (κ3) is 4.87. The molecule has 1 amide bonds. The number of hydrogen-bond acceptors (Lipinski definition) is 6. The number of anilines is 2. The Hall–Kier alpha value is -3.35. The summed E-state index contributed by atoms with van der Waals surface area (Å²) in [7, 11) is 1.70. The summed E-state index contributed by atoms with van der Waals surface area (Å²) in [4.78, 5) is 23.1. The van der Waals surface area contributed by atoms with E-state index in [2.05, 4.69) is 29.4 Å². The Kier molecular flexibility index (Phi) is 6.40. The standard InChI is InChI=1S/C26H33N5O2/c1-15-10-20(12-21(27)11-15)16(2)28-26-23-13-22(19-6-8-31(9-7-19)18(4)32)25(33-5)14-24(23)29-17(3)30-26/h10-14,16,19H,6-9,27H2,1-5H3,(H,28,29,30)/t16-/m0/s1. The van der Waals surface area contributed by atoms with E-state index in [1.807, 2.05) is 36.9 Å². The summed E-state index contributed by atoms with van der Waals surface area (Å²) < 4.78 is 5.76. The molecule has 0 aliphatic carbocycles. The Morgan fingerprint density at radius 2 is 1.88 bits per heavy atom. The first-order valence-electron chi connectivity index (χ1n) is 11.5. The van der Waals surface area contributed by atoms with Crippen LogP contribution in [0.3, 0.4) is 0 Å². The van der Waals surface area contributed by atoms with E-state index in [4.69, 9.17) is 15.5 Å². The third-order valence-corrected chi connectivity index (χ3v) is 6.51. The van der Waals surface area contributed by atoms with Gasteiger partial charge in [-0.2, -0.15) is 0 Å². The van der Waals surface area contributed by atoms with Crippen molar-refractivity contribution in [2.24, 2.45) is 0 Å². The fraction of sp³-hybridized carbons (Fsp3) is 0.423. The molecule has 7 heteroatoms. The number of nitrogen functional groups attached to an aromatic ring is 1. The average Bonchev–Trinajstić information content (AvgIpc) is 2.77. The molecule has 33 heavy (non-hydrogen) atoms. The lowest BCUT2D eigenvalue weighted by Gasteiger charge is -2.32. The summed E-state index contributed by atoms with van der Waals surface area (Å²) in [6.45, 7) is 9.23. The van der Waals surface area contributed by atoms with Crippen LogP contribution in [0, 0.1) is 13.8 Å². The number of rotatable bonds is 5. The van der Waals surface area contributed by atoms with Crippen LogP contribution in [0.15, 0.2) is 30.3 Å². The van der Waals surface area contributed by atoms with E-state index in [1.165, 1.54) is 0 Å². The SMILES string of the molecule is COc1cc2nc(C)nc(N[C@@H](C)c3cc(C)cc(N)c3)c2cc1C1CCN(C(C)=O)CC1. The number of aryl methyl sites for hydroxylation is 2. The largest absolute Gasteiger partial charge is 0.496 e. The summed E-state index contributed by atoms with van der Waals surface area (Å²) in [6.07, 6.45) is 1.83. The number of piperidine rings is 1. The molecular weight excluding hydrogens is 414 g/mol. The second kappa shape index (κ2) is 9.25. The third-order valence-electron chi connectivity index (χ3n) is 6.51. The fourth-order valence-corrected chi connectivity index (χ4v) is 4.78. The quantitative estimate of drug-likeness (QED) is 0.549. The first-order chi connectivity index (χ1) is 15.7. The summed E-state index contributed by atoms with van der Waals surface area (Å²) >= 11 is 0. The first-order valence-corrected chi connectivity index (χ1v) is 11.5. The highest BCUT2D eigenvalue weighted by molar-refractivity contribution is 5.91. The zero-order chi connectivity index (χ0) is 23.7. The molecule has 0 radical (unpaired) electrons. The van der Waals surface area contributed by atoms with E-state index in [0.29, 0.717) is 11.7 Å². The lowest BCUT2D eigenvalue weighted by Crippen LogP contribution is -2.36. The predicted octanol–water partition coefficient (Wildman–Crippen LogP) is 4.74. The molecule has 1 atom stereocenters. The number of carbonyl (C=O) groups is 1. The van der Waals surface area contributed by atoms with Gasteiger partial charge in [0.25, 0.3) is 0 Å². The van der Waals surface area contributed by atoms with E-state index in [0.717, 1.165) is 70.8 Å². The Labute approximate surface area is 195 Å². The summed E-state index contributed by atoms with van der Waals surface area (Å²) in [5.41, 5.74) is 11.1. The zero-order valence-corrected chi connectivity index (χ0v) is 20.1. The van der Waals surface area contributed by atoms with Crippen LogP contribution >= 0.6 is 0 Å². The lowest BCUT2D eigenvalue weighted by atomic mass is 9.88. The number of nitrogens with two attached hydrogens (primary N) is 1. The molecule has 1 aromatic heterocycles. The normalized spacial score (nSPS) is 15.5. The van der Waals surface area contributed by atoms with Gasteiger partial charge in [-0.05, 0) is 74.4 Å². The van der Waals surface area contributed by atoms with Crippen molar-refractivity contribution < 1.29 is 9.53 Å². The topological polar surface area (TPSA) is 93.4 Å². The lowest BCUT2D eigenvalue weighted by molar-refractivity contribution is -0.129. The van der Waals surface area contributed by atoms with Gasteiger partial charge in [-0.25, -0.2) is 9.97 Å². The van der Waals surface area contributed by atoms with Crippen molar-refractivity contribution in [2.45, 2.75) is 52.5 Å². The maximum atomic E-state index is 11.7. The Morgan fingerprint density at radius 3 is 2.52 bits per heavy atom. The van der Waals surface area contributed by atoms with Gasteiger partial charge in [-0.15, -0.1) is 0 Å². The van der Waals surface area contributed by atoms with Crippen LogP contribution in [0.1, 0.15) is 61.2 Å². The molecule has 7 nitrogen and oxygen atoms in total. The molecule has 3 aromatic rings. The van der Waals surface area contributed by atoms with E-state index in [-0.39, 0.29) is 11.9 Å². The highest BCUT2D eigenvalue weighted by atomic mass is 16.5. The molecule has 0 spiro atoms. The molecule has 4 rings (SSSR count). The molecule has 1 aliphatic rings.